The van der Waals surface area contributed by atoms with Gasteiger partial charge in [0.2, 0.25) is 10.0 Å². The smallest absolute Gasteiger partial charge is 0.212 e. The fourth-order valence-corrected chi connectivity index (χ4v) is 2.99. The van der Waals surface area contributed by atoms with Crippen LogP contribution in [0.4, 0.5) is 0 Å². The highest BCUT2D eigenvalue weighted by atomic mass is 32.2. The Morgan fingerprint density at radius 1 is 1.35 bits per heavy atom. The van der Waals surface area contributed by atoms with Crippen LogP contribution < -0.4 is 10.0 Å². The predicted molar refractivity (Wildman–Crippen MR) is 73.0 cm³/mol. The minimum atomic E-state index is -3.14. The molecule has 1 rings (SSSR count). The normalized spacial score (nSPS) is 12.2. The molecule has 2 N–H and O–H groups in total. The second kappa shape index (κ2) is 7.10. The summed E-state index contributed by atoms with van der Waals surface area (Å²) < 4.78 is 25.8. The summed E-state index contributed by atoms with van der Waals surface area (Å²) in [4.78, 5) is 0. The van der Waals surface area contributed by atoms with Crippen molar-refractivity contribution in [3.8, 4) is 0 Å². The molecule has 0 bridgehead atoms. The van der Waals surface area contributed by atoms with Crippen molar-refractivity contribution in [2.75, 3.05) is 18.8 Å². The molecule has 17 heavy (non-hydrogen) atoms. The Kier molecular flexibility index (Phi) is 6.11. The summed E-state index contributed by atoms with van der Waals surface area (Å²) in [5, 5.41) is 7.12. The van der Waals surface area contributed by atoms with Gasteiger partial charge in [0.05, 0.1) is 5.75 Å². The minimum Gasteiger partial charge on any atom is -0.313 e. The highest BCUT2D eigenvalue weighted by Gasteiger charge is 2.09. The summed E-state index contributed by atoms with van der Waals surface area (Å²) in [6, 6.07) is 2.33. The number of nitrogens with one attached hydrogen (secondary N) is 2. The molecular formula is C11H20N2O2S2. The molecule has 4 nitrogen and oxygen atoms in total. The molecule has 98 valence electrons. The molecule has 0 saturated heterocycles. The highest BCUT2D eigenvalue weighted by Crippen LogP contribution is 2.05. The first-order chi connectivity index (χ1) is 7.99. The van der Waals surface area contributed by atoms with Gasteiger partial charge in [-0.25, -0.2) is 13.1 Å². The fraction of sp³-hybridized carbons (Fsp3) is 0.636. The van der Waals surface area contributed by atoms with E-state index in [0.717, 1.165) is 6.42 Å². The molecule has 0 spiro atoms. The van der Waals surface area contributed by atoms with Crippen molar-refractivity contribution in [3.05, 3.63) is 22.4 Å². The second-order valence-corrected chi connectivity index (χ2v) is 6.91. The first kappa shape index (κ1) is 14.6. The van der Waals surface area contributed by atoms with Crippen molar-refractivity contribution in [2.24, 2.45) is 0 Å². The van der Waals surface area contributed by atoms with E-state index in [1.807, 2.05) is 30.7 Å². The van der Waals surface area contributed by atoms with Gasteiger partial charge < -0.3 is 5.32 Å². The lowest BCUT2D eigenvalue weighted by Gasteiger charge is -2.09. The zero-order valence-electron chi connectivity index (χ0n) is 10.3. The third-order valence-corrected chi connectivity index (χ3v) is 4.36. The fourth-order valence-electron chi connectivity index (χ4n) is 1.34. The van der Waals surface area contributed by atoms with E-state index < -0.39 is 10.0 Å². The molecule has 1 aromatic rings. The van der Waals surface area contributed by atoms with Crippen LogP contribution in [0.25, 0.3) is 0 Å². The molecule has 0 aromatic carbocycles. The van der Waals surface area contributed by atoms with Gasteiger partial charge in [0, 0.05) is 19.1 Å². The summed E-state index contributed by atoms with van der Waals surface area (Å²) in [6.07, 6.45) is 0.750. The van der Waals surface area contributed by atoms with Crippen LogP contribution in [-0.4, -0.2) is 33.3 Å². The average Bonchev–Trinajstić information content (AvgIpc) is 2.69. The summed E-state index contributed by atoms with van der Waals surface area (Å²) in [5.74, 6) is 0.134. The lowest BCUT2D eigenvalue weighted by molar-refractivity contribution is 0.567. The van der Waals surface area contributed by atoms with Gasteiger partial charge in [-0.2, -0.15) is 11.3 Å². The monoisotopic (exact) mass is 276 g/mol. The van der Waals surface area contributed by atoms with Gasteiger partial charge in [-0.05, 0) is 28.8 Å². The molecule has 0 amide bonds. The Morgan fingerprint density at radius 3 is 2.71 bits per heavy atom. The van der Waals surface area contributed by atoms with E-state index in [1.165, 1.54) is 5.56 Å². The van der Waals surface area contributed by atoms with Gasteiger partial charge in [0.1, 0.15) is 0 Å². The Bertz CT molecular complexity index is 399. The van der Waals surface area contributed by atoms with Gasteiger partial charge in [-0.3, -0.25) is 0 Å². The van der Waals surface area contributed by atoms with Crippen molar-refractivity contribution in [1.29, 1.82) is 0 Å². The van der Waals surface area contributed by atoms with E-state index >= 15 is 0 Å². The van der Waals surface area contributed by atoms with Crippen LogP contribution in [0.3, 0.4) is 0 Å². The molecule has 0 radical (unpaired) electrons. The van der Waals surface area contributed by atoms with Crippen LogP contribution in [-0.2, 0) is 16.4 Å². The van der Waals surface area contributed by atoms with Crippen LogP contribution in [0, 0.1) is 0 Å². The molecule has 1 heterocycles. The first-order valence-corrected chi connectivity index (χ1v) is 8.31. The predicted octanol–water partition coefficient (Wildman–Crippen LogP) is 1.21. The molecule has 0 aliphatic carbocycles. The highest BCUT2D eigenvalue weighted by molar-refractivity contribution is 7.89. The topological polar surface area (TPSA) is 58.2 Å². The summed E-state index contributed by atoms with van der Waals surface area (Å²) in [7, 11) is -3.14. The quantitative estimate of drug-likeness (QED) is 0.750. The summed E-state index contributed by atoms with van der Waals surface area (Å²) in [6.45, 7) is 4.96. The van der Waals surface area contributed by atoms with Gasteiger partial charge in [-0.1, -0.05) is 13.8 Å². The Balaban J connectivity index is 2.20. The van der Waals surface area contributed by atoms with Crippen molar-refractivity contribution in [3.63, 3.8) is 0 Å². The SMILES string of the molecule is CC(C)NCCS(=O)(=O)NCCc1ccsc1. The van der Waals surface area contributed by atoms with E-state index in [2.05, 4.69) is 10.0 Å². The third kappa shape index (κ3) is 6.78. The summed E-state index contributed by atoms with van der Waals surface area (Å²) in [5.41, 5.74) is 1.18. The van der Waals surface area contributed by atoms with Crippen LogP contribution in [0.5, 0.6) is 0 Å². The lowest BCUT2D eigenvalue weighted by atomic mass is 10.2. The molecule has 0 atom stereocenters. The molecule has 0 saturated carbocycles. The molecule has 0 aliphatic heterocycles. The molecular weight excluding hydrogens is 256 g/mol. The Hall–Kier alpha value is -0.430. The van der Waals surface area contributed by atoms with E-state index in [0.29, 0.717) is 19.1 Å². The number of hydrogen-bond acceptors (Lipinski definition) is 4. The van der Waals surface area contributed by atoms with E-state index in [-0.39, 0.29) is 5.75 Å². The number of sulfonamides is 1. The van der Waals surface area contributed by atoms with E-state index in [4.69, 9.17) is 0 Å². The van der Waals surface area contributed by atoms with Gasteiger partial charge >= 0.3 is 0 Å². The van der Waals surface area contributed by atoms with Gasteiger partial charge in [0.25, 0.3) is 0 Å². The van der Waals surface area contributed by atoms with Crippen LogP contribution in [0.2, 0.25) is 0 Å². The standard InChI is InChI=1S/C11H20N2O2S2/c1-10(2)12-6-8-17(14,15)13-5-3-11-4-7-16-9-11/h4,7,9-10,12-13H,3,5-6,8H2,1-2H3. The number of hydrogen-bond donors (Lipinski definition) is 2. The largest absolute Gasteiger partial charge is 0.313 e. The Labute approximate surface area is 107 Å². The van der Waals surface area contributed by atoms with Crippen molar-refractivity contribution in [1.82, 2.24) is 10.0 Å². The average molecular weight is 276 g/mol. The molecule has 1 aromatic heterocycles. The van der Waals surface area contributed by atoms with Crippen LogP contribution in [0.15, 0.2) is 16.8 Å². The Morgan fingerprint density at radius 2 is 2.12 bits per heavy atom. The van der Waals surface area contributed by atoms with Gasteiger partial charge in [0.15, 0.2) is 0 Å². The van der Waals surface area contributed by atoms with Gasteiger partial charge in [-0.15, -0.1) is 0 Å². The molecule has 0 unspecified atom stereocenters. The first-order valence-electron chi connectivity index (χ1n) is 5.71. The zero-order chi connectivity index (χ0) is 12.7. The maximum absolute atomic E-state index is 11.6. The number of rotatable bonds is 8. The van der Waals surface area contributed by atoms with Crippen LogP contribution in [0.1, 0.15) is 19.4 Å². The van der Waals surface area contributed by atoms with Crippen molar-refractivity contribution in [2.45, 2.75) is 26.3 Å². The summed E-state index contributed by atoms with van der Waals surface area (Å²) >= 11 is 1.63. The lowest BCUT2D eigenvalue weighted by Crippen LogP contribution is -2.35. The zero-order valence-corrected chi connectivity index (χ0v) is 11.9. The van der Waals surface area contributed by atoms with E-state index in [1.54, 1.807) is 11.3 Å². The minimum absolute atomic E-state index is 0.134. The maximum atomic E-state index is 11.6. The molecule has 0 fully saturated rings. The van der Waals surface area contributed by atoms with Crippen molar-refractivity contribution < 1.29 is 8.42 Å². The van der Waals surface area contributed by atoms with Crippen molar-refractivity contribution >= 4 is 21.4 Å². The number of thiophene rings is 1. The molecule has 0 aliphatic rings. The third-order valence-electron chi connectivity index (χ3n) is 2.24. The van der Waals surface area contributed by atoms with E-state index in [9.17, 15) is 8.42 Å². The molecule has 6 heteroatoms. The second-order valence-electron chi connectivity index (χ2n) is 4.20. The maximum Gasteiger partial charge on any atom is 0.212 e. The van der Waals surface area contributed by atoms with Crippen LogP contribution >= 0.6 is 11.3 Å².